The fraction of sp³-hybridized carbons (Fsp3) is 0.462. The van der Waals surface area contributed by atoms with Crippen LogP contribution in [0.25, 0.3) is 0 Å². The Hall–Kier alpha value is -0.690. The molecule has 1 fully saturated rings. The summed E-state index contributed by atoms with van der Waals surface area (Å²) < 4.78 is 13.7. The molecule has 0 aliphatic carbocycles. The minimum absolute atomic E-state index is 0.0131. The summed E-state index contributed by atoms with van der Waals surface area (Å²) in [5, 5.41) is 3.29. The fourth-order valence-corrected chi connectivity index (χ4v) is 3.04. The van der Waals surface area contributed by atoms with Crippen molar-refractivity contribution in [2.24, 2.45) is 0 Å². The third-order valence-electron chi connectivity index (χ3n) is 3.23. The lowest BCUT2D eigenvalue weighted by Gasteiger charge is -2.39. The molecule has 0 radical (unpaired) electrons. The Balaban J connectivity index is 2.29. The van der Waals surface area contributed by atoms with Crippen LogP contribution in [0.1, 0.15) is 24.2 Å². The number of carbonyl (C=O) groups excluding carboxylic acids is 1. The topological polar surface area (TPSA) is 32.3 Å². The van der Waals surface area contributed by atoms with Crippen molar-refractivity contribution in [2.75, 3.05) is 13.1 Å². The summed E-state index contributed by atoms with van der Waals surface area (Å²) in [6.07, 6.45) is 0. The molecule has 98 valence electrons. The van der Waals surface area contributed by atoms with Crippen LogP contribution in [0.3, 0.4) is 0 Å². The number of benzene rings is 1. The number of halogens is 2. The average molecular weight is 362 g/mol. The number of hydrogen-bond donors (Lipinski definition) is 1. The van der Waals surface area contributed by atoms with Gasteiger partial charge < -0.3 is 10.2 Å². The molecule has 1 aliphatic heterocycles. The highest BCUT2D eigenvalue weighted by Gasteiger charge is 2.30. The van der Waals surface area contributed by atoms with Gasteiger partial charge in [-0.2, -0.15) is 0 Å². The molecule has 18 heavy (non-hydrogen) atoms. The zero-order chi connectivity index (χ0) is 13.3. The lowest BCUT2D eigenvalue weighted by molar-refractivity contribution is 0.0543. The van der Waals surface area contributed by atoms with E-state index in [9.17, 15) is 9.18 Å². The quantitative estimate of drug-likeness (QED) is 0.778. The number of carbonyl (C=O) groups is 1. The van der Waals surface area contributed by atoms with Gasteiger partial charge in [-0.3, -0.25) is 4.79 Å². The summed E-state index contributed by atoms with van der Waals surface area (Å²) in [5.74, 6) is -0.321. The van der Waals surface area contributed by atoms with Crippen LogP contribution in [-0.2, 0) is 0 Å². The zero-order valence-corrected chi connectivity index (χ0v) is 12.6. The predicted octanol–water partition coefficient (Wildman–Crippen LogP) is 2.25. The van der Waals surface area contributed by atoms with E-state index in [4.69, 9.17) is 0 Å². The van der Waals surface area contributed by atoms with Gasteiger partial charge in [0.15, 0.2) is 0 Å². The number of nitrogens with one attached hydrogen (secondary N) is 1. The van der Waals surface area contributed by atoms with E-state index in [2.05, 4.69) is 5.32 Å². The number of nitrogens with zero attached hydrogens (tertiary/aromatic N) is 1. The van der Waals surface area contributed by atoms with Gasteiger partial charge in [0.05, 0.1) is 5.56 Å². The Bertz CT molecular complexity index is 456. The summed E-state index contributed by atoms with van der Waals surface area (Å²) in [7, 11) is 0. The van der Waals surface area contributed by atoms with Crippen molar-refractivity contribution in [1.29, 1.82) is 0 Å². The molecular weight excluding hydrogens is 346 g/mol. The molecule has 0 spiro atoms. The molecule has 2 unspecified atom stereocenters. The standard InChI is InChI=1S/C13H16FIN2O/c1-8-6-16-7-9(2)17(8)13(18)11-4-3-10(14)5-12(11)15/h3-5,8-9,16H,6-7H2,1-2H3. The monoisotopic (exact) mass is 362 g/mol. The first-order chi connectivity index (χ1) is 8.50. The summed E-state index contributed by atoms with van der Waals surface area (Å²) in [4.78, 5) is 14.4. The Morgan fingerprint density at radius 1 is 1.39 bits per heavy atom. The highest BCUT2D eigenvalue weighted by molar-refractivity contribution is 14.1. The Kier molecular flexibility index (Phi) is 4.21. The van der Waals surface area contributed by atoms with E-state index in [1.165, 1.54) is 12.1 Å². The first kappa shape index (κ1) is 13.7. The van der Waals surface area contributed by atoms with Crippen molar-refractivity contribution in [2.45, 2.75) is 25.9 Å². The largest absolute Gasteiger partial charge is 0.331 e. The van der Waals surface area contributed by atoms with Crippen molar-refractivity contribution in [3.05, 3.63) is 33.1 Å². The normalized spacial score (nSPS) is 24.1. The predicted molar refractivity (Wildman–Crippen MR) is 77.1 cm³/mol. The van der Waals surface area contributed by atoms with Gasteiger partial charge in [-0.15, -0.1) is 0 Å². The van der Waals surface area contributed by atoms with Gasteiger partial charge in [-0.1, -0.05) is 0 Å². The summed E-state index contributed by atoms with van der Waals surface area (Å²) in [6.45, 7) is 5.65. The van der Waals surface area contributed by atoms with Crippen LogP contribution in [0.4, 0.5) is 4.39 Å². The molecule has 1 aliphatic rings. The van der Waals surface area contributed by atoms with Crippen LogP contribution in [-0.4, -0.2) is 36.0 Å². The van der Waals surface area contributed by atoms with Gasteiger partial charge >= 0.3 is 0 Å². The highest BCUT2D eigenvalue weighted by atomic mass is 127. The van der Waals surface area contributed by atoms with Crippen molar-refractivity contribution in [1.82, 2.24) is 10.2 Å². The number of rotatable bonds is 1. The molecule has 0 bridgehead atoms. The van der Waals surface area contributed by atoms with E-state index in [0.29, 0.717) is 9.13 Å². The van der Waals surface area contributed by atoms with E-state index in [1.54, 1.807) is 6.07 Å². The molecule has 1 aromatic rings. The Morgan fingerprint density at radius 3 is 2.56 bits per heavy atom. The van der Waals surface area contributed by atoms with Gasteiger partial charge in [-0.05, 0) is 54.6 Å². The number of piperazine rings is 1. The zero-order valence-electron chi connectivity index (χ0n) is 10.4. The van der Waals surface area contributed by atoms with Gasteiger partial charge in [0, 0.05) is 28.7 Å². The smallest absolute Gasteiger partial charge is 0.255 e. The highest BCUT2D eigenvalue weighted by Crippen LogP contribution is 2.20. The van der Waals surface area contributed by atoms with Gasteiger partial charge in [0.25, 0.3) is 5.91 Å². The van der Waals surface area contributed by atoms with Crippen molar-refractivity contribution in [3.8, 4) is 0 Å². The lowest BCUT2D eigenvalue weighted by Crippen LogP contribution is -2.57. The number of hydrogen-bond acceptors (Lipinski definition) is 2. The molecule has 1 saturated heterocycles. The molecule has 5 heteroatoms. The number of amides is 1. The van der Waals surface area contributed by atoms with E-state index in [0.717, 1.165) is 13.1 Å². The van der Waals surface area contributed by atoms with Crippen LogP contribution < -0.4 is 5.32 Å². The van der Waals surface area contributed by atoms with Crippen LogP contribution in [0.5, 0.6) is 0 Å². The van der Waals surface area contributed by atoms with Gasteiger partial charge in [-0.25, -0.2) is 4.39 Å². The Morgan fingerprint density at radius 2 is 2.00 bits per heavy atom. The third kappa shape index (κ3) is 2.66. The molecule has 0 saturated carbocycles. The third-order valence-corrected chi connectivity index (χ3v) is 4.12. The second-order valence-corrected chi connectivity index (χ2v) is 5.86. The summed E-state index contributed by atoms with van der Waals surface area (Å²) >= 11 is 2.01. The van der Waals surface area contributed by atoms with Crippen LogP contribution in [0.2, 0.25) is 0 Å². The Labute approximate surface area is 120 Å². The average Bonchev–Trinajstić information content (AvgIpc) is 2.28. The molecule has 0 aromatic heterocycles. The van der Waals surface area contributed by atoms with Crippen LogP contribution in [0.15, 0.2) is 18.2 Å². The molecule has 2 atom stereocenters. The van der Waals surface area contributed by atoms with E-state index >= 15 is 0 Å². The second kappa shape index (κ2) is 5.52. The molecule has 1 heterocycles. The van der Waals surface area contributed by atoms with E-state index in [-0.39, 0.29) is 23.8 Å². The SMILES string of the molecule is CC1CNCC(C)N1C(=O)c1ccc(F)cc1I. The lowest BCUT2D eigenvalue weighted by atomic mass is 10.1. The van der Waals surface area contributed by atoms with E-state index < -0.39 is 0 Å². The molecule has 2 rings (SSSR count). The maximum atomic E-state index is 13.1. The first-order valence-electron chi connectivity index (χ1n) is 5.99. The van der Waals surface area contributed by atoms with E-state index in [1.807, 2.05) is 41.3 Å². The molecular formula is C13H16FIN2O. The first-order valence-corrected chi connectivity index (χ1v) is 7.07. The molecule has 3 nitrogen and oxygen atoms in total. The second-order valence-electron chi connectivity index (χ2n) is 4.69. The fourth-order valence-electron chi connectivity index (χ4n) is 2.33. The van der Waals surface area contributed by atoms with Crippen LogP contribution >= 0.6 is 22.6 Å². The molecule has 1 amide bonds. The summed E-state index contributed by atoms with van der Waals surface area (Å²) in [6, 6.07) is 4.61. The minimum Gasteiger partial charge on any atom is -0.331 e. The van der Waals surface area contributed by atoms with Crippen molar-refractivity contribution < 1.29 is 9.18 Å². The molecule has 1 aromatic carbocycles. The maximum absolute atomic E-state index is 13.1. The minimum atomic E-state index is -0.308. The van der Waals surface area contributed by atoms with Crippen LogP contribution in [0, 0.1) is 9.39 Å². The van der Waals surface area contributed by atoms with Crippen molar-refractivity contribution in [3.63, 3.8) is 0 Å². The maximum Gasteiger partial charge on any atom is 0.255 e. The summed E-state index contributed by atoms with van der Waals surface area (Å²) in [5.41, 5.74) is 0.581. The van der Waals surface area contributed by atoms with Gasteiger partial charge in [0.2, 0.25) is 0 Å². The van der Waals surface area contributed by atoms with Gasteiger partial charge in [0.1, 0.15) is 5.82 Å². The van der Waals surface area contributed by atoms with Crippen molar-refractivity contribution >= 4 is 28.5 Å². The molecule has 1 N–H and O–H groups in total.